The summed E-state index contributed by atoms with van der Waals surface area (Å²) in [7, 11) is -0.0792. The lowest BCUT2D eigenvalue weighted by atomic mass is 10.2. The minimum atomic E-state index is -3.46. The van der Waals surface area contributed by atoms with Gasteiger partial charge in [0.05, 0.1) is 11.1 Å². The van der Waals surface area contributed by atoms with Gasteiger partial charge in [-0.2, -0.15) is 9.40 Å². The molecule has 2 rings (SSSR count). The fourth-order valence-corrected chi connectivity index (χ4v) is 3.29. The van der Waals surface area contributed by atoms with Crippen molar-refractivity contribution >= 4 is 10.0 Å². The summed E-state index contributed by atoms with van der Waals surface area (Å²) in [6.45, 7) is 2.11. The highest BCUT2D eigenvalue weighted by atomic mass is 32.2. The minimum Gasteiger partial charge on any atom is -0.275 e. The summed E-state index contributed by atoms with van der Waals surface area (Å²) < 4.78 is 27.9. The van der Waals surface area contributed by atoms with E-state index in [9.17, 15) is 8.42 Å². The molecule has 0 atom stereocenters. The predicted octanol–water partition coefficient (Wildman–Crippen LogP) is 1.55. The van der Waals surface area contributed by atoms with Crippen LogP contribution < -0.4 is 0 Å². The summed E-state index contributed by atoms with van der Waals surface area (Å²) in [5.74, 6) is 0. The van der Waals surface area contributed by atoms with Crippen LogP contribution in [0, 0.1) is 6.92 Å². The quantitative estimate of drug-likeness (QED) is 0.853. The van der Waals surface area contributed by atoms with Gasteiger partial charge in [0, 0.05) is 32.4 Å². The smallest absolute Gasteiger partial charge is 0.243 e. The van der Waals surface area contributed by atoms with E-state index in [0.29, 0.717) is 11.4 Å². The third-order valence-electron chi connectivity index (χ3n) is 2.95. The van der Waals surface area contributed by atoms with Gasteiger partial charge in [0.1, 0.15) is 0 Å². The van der Waals surface area contributed by atoms with Crippen molar-refractivity contribution in [3.63, 3.8) is 0 Å². The molecule has 0 aliphatic carbocycles. The second kappa shape index (κ2) is 5.14. The summed E-state index contributed by atoms with van der Waals surface area (Å²) in [5.41, 5.74) is 1.61. The van der Waals surface area contributed by atoms with Crippen molar-refractivity contribution in [1.82, 2.24) is 14.1 Å². The van der Waals surface area contributed by atoms with Gasteiger partial charge in [-0.15, -0.1) is 0 Å². The molecule has 0 fully saturated rings. The molecule has 1 heterocycles. The van der Waals surface area contributed by atoms with Gasteiger partial charge in [-0.05, 0) is 18.6 Å². The summed E-state index contributed by atoms with van der Waals surface area (Å²) in [4.78, 5) is 0.349. The highest BCUT2D eigenvalue weighted by molar-refractivity contribution is 7.89. The highest BCUT2D eigenvalue weighted by Gasteiger charge is 2.22. The first-order chi connectivity index (χ1) is 8.91. The van der Waals surface area contributed by atoms with E-state index in [4.69, 9.17) is 0 Å². The van der Waals surface area contributed by atoms with E-state index in [1.54, 1.807) is 50.1 Å². The van der Waals surface area contributed by atoms with Crippen molar-refractivity contribution in [2.75, 3.05) is 7.05 Å². The molecule has 0 radical (unpaired) electrons. The minimum absolute atomic E-state index is 0.310. The van der Waals surface area contributed by atoms with Crippen LogP contribution in [0.25, 0.3) is 0 Å². The second-order valence-corrected chi connectivity index (χ2v) is 6.56. The average Bonchev–Trinajstić information content (AvgIpc) is 2.75. The van der Waals surface area contributed by atoms with Gasteiger partial charge in [0.15, 0.2) is 0 Å². The van der Waals surface area contributed by atoms with Crippen LogP contribution in [0.3, 0.4) is 0 Å². The maximum atomic E-state index is 12.5. The molecule has 0 aliphatic rings. The third-order valence-corrected chi connectivity index (χ3v) is 4.91. The van der Waals surface area contributed by atoms with Crippen LogP contribution in [0.5, 0.6) is 0 Å². The van der Waals surface area contributed by atoms with E-state index in [1.165, 1.54) is 4.31 Å². The van der Waals surface area contributed by atoms with Crippen LogP contribution in [0.4, 0.5) is 0 Å². The molecule has 0 amide bonds. The van der Waals surface area contributed by atoms with E-state index in [0.717, 1.165) is 11.1 Å². The standard InChI is InChI=1S/C13H17N3O2S/c1-11-6-4-5-7-13(11)19(17,18)16(3)10-12-8-14-15(2)9-12/h4-9H,10H2,1-3H3. The Bertz CT molecular complexity index is 677. The molecule has 102 valence electrons. The molecule has 0 saturated carbocycles. The lowest BCUT2D eigenvalue weighted by Gasteiger charge is -2.17. The van der Waals surface area contributed by atoms with Crippen molar-refractivity contribution in [2.24, 2.45) is 7.05 Å². The number of aromatic nitrogens is 2. The van der Waals surface area contributed by atoms with E-state index < -0.39 is 10.0 Å². The molecule has 0 saturated heterocycles. The molecule has 0 bridgehead atoms. The monoisotopic (exact) mass is 279 g/mol. The van der Waals surface area contributed by atoms with E-state index in [2.05, 4.69) is 5.10 Å². The van der Waals surface area contributed by atoms with E-state index in [1.807, 2.05) is 12.3 Å². The normalized spacial score (nSPS) is 12.0. The van der Waals surface area contributed by atoms with Crippen molar-refractivity contribution in [3.8, 4) is 0 Å². The third kappa shape index (κ3) is 2.85. The second-order valence-electron chi connectivity index (χ2n) is 4.55. The Morgan fingerprint density at radius 2 is 2.00 bits per heavy atom. The van der Waals surface area contributed by atoms with Gasteiger partial charge in [-0.3, -0.25) is 4.68 Å². The Kier molecular flexibility index (Phi) is 3.73. The summed E-state index contributed by atoms with van der Waals surface area (Å²) in [6, 6.07) is 6.99. The maximum absolute atomic E-state index is 12.5. The molecule has 1 aromatic heterocycles. The van der Waals surface area contributed by atoms with Gasteiger partial charge in [-0.1, -0.05) is 18.2 Å². The molecular formula is C13H17N3O2S. The Morgan fingerprint density at radius 1 is 1.32 bits per heavy atom. The van der Waals surface area contributed by atoms with Gasteiger partial charge in [-0.25, -0.2) is 8.42 Å². The Labute approximate surface area is 113 Å². The van der Waals surface area contributed by atoms with Crippen molar-refractivity contribution in [2.45, 2.75) is 18.4 Å². The molecule has 0 aliphatic heterocycles. The molecule has 2 aromatic rings. The fraction of sp³-hybridized carbons (Fsp3) is 0.308. The van der Waals surface area contributed by atoms with Crippen molar-refractivity contribution < 1.29 is 8.42 Å². The van der Waals surface area contributed by atoms with Crippen LogP contribution in [0.2, 0.25) is 0 Å². The van der Waals surface area contributed by atoms with Crippen LogP contribution in [0.15, 0.2) is 41.6 Å². The first kappa shape index (κ1) is 13.8. The first-order valence-electron chi connectivity index (χ1n) is 5.91. The number of hydrogen-bond acceptors (Lipinski definition) is 3. The zero-order chi connectivity index (χ0) is 14.0. The van der Waals surface area contributed by atoms with Gasteiger partial charge in [0.2, 0.25) is 10.0 Å². The predicted molar refractivity (Wildman–Crippen MR) is 73.0 cm³/mol. The van der Waals surface area contributed by atoms with Gasteiger partial charge < -0.3 is 0 Å². The number of nitrogens with zero attached hydrogens (tertiary/aromatic N) is 3. The highest BCUT2D eigenvalue weighted by Crippen LogP contribution is 2.19. The lowest BCUT2D eigenvalue weighted by molar-refractivity contribution is 0.466. The van der Waals surface area contributed by atoms with E-state index in [-0.39, 0.29) is 0 Å². The van der Waals surface area contributed by atoms with Gasteiger partial charge in [0.25, 0.3) is 0 Å². The number of rotatable bonds is 4. The molecule has 0 unspecified atom stereocenters. The van der Waals surface area contributed by atoms with Crippen molar-refractivity contribution in [3.05, 3.63) is 47.8 Å². The summed E-state index contributed by atoms with van der Waals surface area (Å²) in [5, 5.41) is 4.04. The van der Waals surface area contributed by atoms with Crippen LogP contribution in [-0.4, -0.2) is 29.6 Å². The number of sulfonamides is 1. The Morgan fingerprint density at radius 3 is 2.58 bits per heavy atom. The molecular weight excluding hydrogens is 262 g/mol. The topological polar surface area (TPSA) is 55.2 Å². The van der Waals surface area contributed by atoms with Crippen LogP contribution in [0.1, 0.15) is 11.1 Å². The lowest BCUT2D eigenvalue weighted by Crippen LogP contribution is -2.26. The fourth-order valence-electron chi connectivity index (χ4n) is 1.91. The van der Waals surface area contributed by atoms with Crippen molar-refractivity contribution in [1.29, 1.82) is 0 Å². The van der Waals surface area contributed by atoms with Gasteiger partial charge >= 0.3 is 0 Å². The molecule has 5 nitrogen and oxygen atoms in total. The zero-order valence-corrected chi connectivity index (χ0v) is 12.1. The first-order valence-corrected chi connectivity index (χ1v) is 7.35. The number of hydrogen-bond donors (Lipinski definition) is 0. The molecule has 6 heteroatoms. The molecule has 19 heavy (non-hydrogen) atoms. The summed E-state index contributed by atoms with van der Waals surface area (Å²) in [6.07, 6.45) is 3.48. The Balaban J connectivity index is 2.27. The zero-order valence-electron chi connectivity index (χ0n) is 11.2. The molecule has 0 spiro atoms. The largest absolute Gasteiger partial charge is 0.275 e. The molecule has 1 aromatic carbocycles. The van der Waals surface area contributed by atoms with E-state index >= 15 is 0 Å². The van der Waals surface area contributed by atoms with Crippen LogP contribution >= 0.6 is 0 Å². The van der Waals surface area contributed by atoms with Crippen LogP contribution in [-0.2, 0) is 23.6 Å². The number of benzene rings is 1. The average molecular weight is 279 g/mol. The Hall–Kier alpha value is -1.66. The molecule has 0 N–H and O–H groups in total. The maximum Gasteiger partial charge on any atom is 0.243 e. The SMILES string of the molecule is Cc1ccccc1S(=O)(=O)N(C)Cc1cnn(C)c1. The number of aryl methyl sites for hydroxylation is 2. The summed E-state index contributed by atoms with van der Waals surface area (Å²) >= 11 is 0.